The van der Waals surface area contributed by atoms with Crippen molar-refractivity contribution in [2.45, 2.75) is 19.9 Å². The Morgan fingerprint density at radius 3 is 2.39 bits per heavy atom. The first-order chi connectivity index (χ1) is 8.45. The molecule has 104 valence electrons. The van der Waals surface area contributed by atoms with Crippen LogP contribution in [0.3, 0.4) is 0 Å². The third-order valence-electron chi connectivity index (χ3n) is 1.69. The third kappa shape index (κ3) is 9.25. The smallest absolute Gasteiger partial charge is 0.407 e. The molecule has 8 heteroatoms. The number of ether oxygens (including phenoxy) is 3. The van der Waals surface area contributed by atoms with Crippen LogP contribution in [0.5, 0.6) is 0 Å². The minimum Gasteiger partial charge on any atom is -0.464 e. The largest absolute Gasteiger partial charge is 0.464 e. The quantitative estimate of drug-likeness (QED) is 0.397. The highest BCUT2D eigenvalue weighted by atomic mass is 16.6. The Kier molecular flexibility index (Phi) is 8.08. The van der Waals surface area contributed by atoms with Crippen LogP contribution in [0.1, 0.15) is 13.8 Å². The highest BCUT2D eigenvalue weighted by Gasteiger charge is 2.09. The molecule has 2 N–H and O–H groups in total. The van der Waals surface area contributed by atoms with E-state index in [-0.39, 0.29) is 25.8 Å². The standard InChI is InChI=1S/C10H18N2O6/c1-7(6-18-8(2)13)12-10(15)17-5-4-11-9(14)16-3/h7H,4-6H2,1-3H3,(H,11,14)(H,12,15)/t7-/m0/s1. The van der Waals surface area contributed by atoms with Gasteiger partial charge in [-0.3, -0.25) is 4.79 Å². The minimum atomic E-state index is -0.652. The van der Waals surface area contributed by atoms with Crippen LogP contribution in [-0.4, -0.2) is 51.1 Å². The summed E-state index contributed by atoms with van der Waals surface area (Å²) in [4.78, 5) is 32.4. The molecule has 8 nitrogen and oxygen atoms in total. The Balaban J connectivity index is 3.58. The lowest BCUT2D eigenvalue weighted by atomic mass is 10.4. The van der Waals surface area contributed by atoms with Crippen molar-refractivity contribution in [1.82, 2.24) is 10.6 Å². The number of alkyl carbamates (subject to hydrolysis) is 2. The van der Waals surface area contributed by atoms with Crippen LogP contribution >= 0.6 is 0 Å². The molecule has 0 aliphatic carbocycles. The van der Waals surface area contributed by atoms with Gasteiger partial charge in [0.1, 0.15) is 13.2 Å². The molecule has 0 saturated carbocycles. The Morgan fingerprint density at radius 1 is 1.17 bits per heavy atom. The molecule has 0 heterocycles. The van der Waals surface area contributed by atoms with E-state index in [0.717, 1.165) is 0 Å². The number of esters is 1. The average Bonchev–Trinajstić information content (AvgIpc) is 2.31. The fourth-order valence-electron chi connectivity index (χ4n) is 0.896. The lowest BCUT2D eigenvalue weighted by Gasteiger charge is -2.13. The zero-order chi connectivity index (χ0) is 14.0. The second-order valence-electron chi connectivity index (χ2n) is 3.40. The van der Waals surface area contributed by atoms with Crippen molar-refractivity contribution in [3.8, 4) is 0 Å². The van der Waals surface area contributed by atoms with Gasteiger partial charge in [0, 0.05) is 6.92 Å². The number of hydrogen-bond acceptors (Lipinski definition) is 6. The van der Waals surface area contributed by atoms with Crippen molar-refractivity contribution in [3.05, 3.63) is 0 Å². The van der Waals surface area contributed by atoms with E-state index in [1.165, 1.54) is 14.0 Å². The van der Waals surface area contributed by atoms with Gasteiger partial charge in [-0.15, -0.1) is 0 Å². The second-order valence-corrected chi connectivity index (χ2v) is 3.40. The van der Waals surface area contributed by atoms with Gasteiger partial charge in [0.25, 0.3) is 0 Å². The zero-order valence-electron chi connectivity index (χ0n) is 10.6. The Morgan fingerprint density at radius 2 is 1.83 bits per heavy atom. The number of methoxy groups -OCH3 is 1. The van der Waals surface area contributed by atoms with E-state index in [9.17, 15) is 14.4 Å². The summed E-state index contributed by atoms with van der Waals surface area (Å²) in [6.07, 6.45) is -1.25. The van der Waals surface area contributed by atoms with Crippen LogP contribution in [0.2, 0.25) is 0 Å². The molecule has 0 rings (SSSR count). The van der Waals surface area contributed by atoms with Crippen molar-refractivity contribution in [3.63, 3.8) is 0 Å². The van der Waals surface area contributed by atoms with E-state index in [2.05, 4.69) is 15.4 Å². The number of hydrogen-bond donors (Lipinski definition) is 2. The molecule has 0 fully saturated rings. The van der Waals surface area contributed by atoms with Crippen LogP contribution < -0.4 is 10.6 Å². The molecule has 0 aromatic carbocycles. The van der Waals surface area contributed by atoms with Gasteiger partial charge in [0.2, 0.25) is 0 Å². The van der Waals surface area contributed by atoms with Crippen LogP contribution in [-0.2, 0) is 19.0 Å². The molecule has 0 radical (unpaired) electrons. The molecule has 1 atom stereocenters. The molecule has 0 saturated heterocycles. The molecule has 18 heavy (non-hydrogen) atoms. The number of carbonyl (C=O) groups excluding carboxylic acids is 3. The molecular weight excluding hydrogens is 244 g/mol. The third-order valence-corrected chi connectivity index (χ3v) is 1.69. The first-order valence-corrected chi connectivity index (χ1v) is 5.34. The van der Waals surface area contributed by atoms with E-state index in [1.54, 1.807) is 6.92 Å². The van der Waals surface area contributed by atoms with E-state index < -0.39 is 18.2 Å². The highest BCUT2D eigenvalue weighted by molar-refractivity contribution is 5.68. The lowest BCUT2D eigenvalue weighted by Crippen LogP contribution is -2.38. The summed E-state index contributed by atoms with van der Waals surface area (Å²) in [6, 6.07) is -0.352. The summed E-state index contributed by atoms with van der Waals surface area (Å²) in [5, 5.41) is 4.80. The Labute approximate surface area is 105 Å². The predicted octanol–water partition coefficient (Wildman–Crippen LogP) is 0.0202. The number of rotatable bonds is 6. The summed E-state index contributed by atoms with van der Waals surface area (Å²) in [5.74, 6) is -0.417. The van der Waals surface area contributed by atoms with Gasteiger partial charge in [-0.25, -0.2) is 9.59 Å². The number of amides is 2. The summed E-state index contributed by atoms with van der Waals surface area (Å²) >= 11 is 0. The zero-order valence-corrected chi connectivity index (χ0v) is 10.6. The van der Waals surface area contributed by atoms with Crippen LogP contribution in [0.15, 0.2) is 0 Å². The van der Waals surface area contributed by atoms with Crippen molar-refractivity contribution in [2.24, 2.45) is 0 Å². The molecule has 0 aliphatic heterocycles. The molecule has 2 amide bonds. The SMILES string of the molecule is COC(=O)NCCOC(=O)N[C@@H](C)COC(C)=O. The van der Waals surface area contributed by atoms with Gasteiger partial charge < -0.3 is 24.8 Å². The molecule has 0 bridgehead atoms. The van der Waals surface area contributed by atoms with Crippen molar-refractivity contribution in [2.75, 3.05) is 26.9 Å². The maximum Gasteiger partial charge on any atom is 0.407 e. The van der Waals surface area contributed by atoms with E-state index in [4.69, 9.17) is 9.47 Å². The van der Waals surface area contributed by atoms with Gasteiger partial charge in [0.15, 0.2) is 0 Å². The fraction of sp³-hybridized carbons (Fsp3) is 0.700. The van der Waals surface area contributed by atoms with Crippen molar-refractivity contribution >= 4 is 18.2 Å². The van der Waals surface area contributed by atoms with Crippen LogP contribution in [0.25, 0.3) is 0 Å². The topological polar surface area (TPSA) is 103 Å². The first-order valence-electron chi connectivity index (χ1n) is 5.34. The second kappa shape index (κ2) is 9.08. The van der Waals surface area contributed by atoms with E-state index in [1.807, 2.05) is 0 Å². The van der Waals surface area contributed by atoms with E-state index in [0.29, 0.717) is 0 Å². The van der Waals surface area contributed by atoms with Crippen LogP contribution in [0, 0.1) is 0 Å². The Bertz CT molecular complexity index is 294. The average molecular weight is 262 g/mol. The maximum absolute atomic E-state index is 11.2. The van der Waals surface area contributed by atoms with Gasteiger partial charge >= 0.3 is 18.2 Å². The normalized spacial score (nSPS) is 11.1. The maximum atomic E-state index is 11.2. The predicted molar refractivity (Wildman–Crippen MR) is 61.0 cm³/mol. The first kappa shape index (κ1) is 16.0. The molecule has 0 aromatic rings. The van der Waals surface area contributed by atoms with Gasteiger partial charge in [0.05, 0.1) is 19.7 Å². The molecule has 0 aromatic heterocycles. The lowest BCUT2D eigenvalue weighted by molar-refractivity contribution is -0.141. The summed E-state index contributed by atoms with van der Waals surface area (Å²) in [6.45, 7) is 3.19. The fourth-order valence-corrected chi connectivity index (χ4v) is 0.896. The molecular formula is C10H18N2O6. The van der Waals surface area contributed by atoms with Gasteiger partial charge in [-0.2, -0.15) is 0 Å². The highest BCUT2D eigenvalue weighted by Crippen LogP contribution is 1.87. The van der Waals surface area contributed by atoms with Crippen molar-refractivity contribution in [1.29, 1.82) is 0 Å². The molecule has 0 aliphatic rings. The van der Waals surface area contributed by atoms with Crippen molar-refractivity contribution < 1.29 is 28.6 Å². The molecule has 0 unspecified atom stereocenters. The number of carbonyl (C=O) groups is 3. The van der Waals surface area contributed by atoms with Gasteiger partial charge in [-0.05, 0) is 6.92 Å². The molecule has 0 spiro atoms. The summed E-state index contributed by atoms with van der Waals surface area (Å²) < 4.78 is 13.8. The summed E-state index contributed by atoms with van der Waals surface area (Å²) in [7, 11) is 1.24. The minimum absolute atomic E-state index is 0.0151. The van der Waals surface area contributed by atoms with Crippen LogP contribution in [0.4, 0.5) is 9.59 Å². The van der Waals surface area contributed by atoms with Gasteiger partial charge in [-0.1, -0.05) is 0 Å². The summed E-state index contributed by atoms with van der Waals surface area (Å²) in [5.41, 5.74) is 0. The Hall–Kier alpha value is -1.99. The number of nitrogens with one attached hydrogen (secondary N) is 2. The monoisotopic (exact) mass is 262 g/mol. The van der Waals surface area contributed by atoms with E-state index >= 15 is 0 Å².